The number of hydrogen-bond donors (Lipinski definition) is 1. The predicted molar refractivity (Wildman–Crippen MR) is 49.5 cm³/mol. The Balaban J connectivity index is 1.89. The second kappa shape index (κ2) is 4.52. The number of aromatic nitrogens is 2. The summed E-state index contributed by atoms with van der Waals surface area (Å²) in [6, 6.07) is 0. The second-order valence-corrected chi connectivity index (χ2v) is 3.50. The van der Waals surface area contributed by atoms with Gasteiger partial charge in [0.1, 0.15) is 0 Å². The van der Waals surface area contributed by atoms with Gasteiger partial charge in [0, 0.05) is 13.0 Å². The van der Waals surface area contributed by atoms with E-state index in [0.717, 1.165) is 25.9 Å². The van der Waals surface area contributed by atoms with Crippen molar-refractivity contribution in [3.05, 3.63) is 11.7 Å². The summed E-state index contributed by atoms with van der Waals surface area (Å²) in [4.78, 5) is 4.14. The van der Waals surface area contributed by atoms with E-state index in [1.165, 1.54) is 6.42 Å². The van der Waals surface area contributed by atoms with E-state index in [9.17, 15) is 0 Å². The minimum absolute atomic E-state index is 0.256. The first kappa shape index (κ1) is 9.61. The fraction of sp³-hybridized carbons (Fsp3) is 0.778. The Morgan fingerprint density at radius 2 is 2.36 bits per heavy atom. The van der Waals surface area contributed by atoms with Crippen LogP contribution in [0.1, 0.15) is 31.0 Å². The Kier molecular flexibility index (Phi) is 3.10. The Morgan fingerprint density at radius 3 is 3.00 bits per heavy atom. The highest BCUT2D eigenvalue weighted by Crippen LogP contribution is 2.15. The van der Waals surface area contributed by atoms with E-state index in [4.69, 9.17) is 15.0 Å². The lowest BCUT2D eigenvalue weighted by Gasteiger charge is -2.20. The Morgan fingerprint density at radius 1 is 1.43 bits per heavy atom. The molecule has 0 spiro atoms. The van der Waals surface area contributed by atoms with Gasteiger partial charge in [0.2, 0.25) is 5.89 Å². The summed E-state index contributed by atoms with van der Waals surface area (Å²) in [5, 5.41) is 3.84. The van der Waals surface area contributed by atoms with E-state index < -0.39 is 0 Å². The maximum absolute atomic E-state index is 5.57. The minimum Gasteiger partial charge on any atom is -0.378 e. The highest BCUT2D eigenvalue weighted by atomic mass is 16.5. The molecule has 0 saturated carbocycles. The Bertz CT molecular complexity index is 281. The fourth-order valence-corrected chi connectivity index (χ4v) is 1.63. The van der Waals surface area contributed by atoms with Crippen LogP contribution in [0.25, 0.3) is 0 Å². The van der Waals surface area contributed by atoms with Crippen molar-refractivity contribution in [3.8, 4) is 0 Å². The molecule has 2 N–H and O–H groups in total. The molecule has 5 nitrogen and oxygen atoms in total. The standard InChI is InChI=1S/C9H15N3O2/c10-6-9-11-8(12-14-9)5-7-3-1-2-4-13-7/h7H,1-6,10H2. The molecular formula is C9H15N3O2. The SMILES string of the molecule is NCc1nc(CC2CCCCO2)no1. The predicted octanol–water partition coefficient (Wildman–Crippen LogP) is 0.640. The van der Waals surface area contributed by atoms with Crippen LogP contribution in [0.5, 0.6) is 0 Å². The Hall–Kier alpha value is -0.940. The van der Waals surface area contributed by atoms with Crippen LogP contribution < -0.4 is 5.73 Å². The molecule has 78 valence electrons. The minimum atomic E-state index is 0.256. The van der Waals surface area contributed by atoms with Gasteiger partial charge >= 0.3 is 0 Å². The monoisotopic (exact) mass is 197 g/mol. The second-order valence-electron chi connectivity index (χ2n) is 3.50. The van der Waals surface area contributed by atoms with Gasteiger partial charge in [-0.05, 0) is 19.3 Å². The first-order chi connectivity index (χ1) is 6.88. The maximum Gasteiger partial charge on any atom is 0.240 e. The topological polar surface area (TPSA) is 74.2 Å². The van der Waals surface area contributed by atoms with Gasteiger partial charge in [-0.15, -0.1) is 0 Å². The first-order valence-electron chi connectivity index (χ1n) is 5.01. The highest BCUT2D eigenvalue weighted by molar-refractivity contribution is 4.88. The fourth-order valence-electron chi connectivity index (χ4n) is 1.63. The number of nitrogens with zero attached hydrogens (tertiary/aromatic N) is 2. The number of hydrogen-bond acceptors (Lipinski definition) is 5. The van der Waals surface area contributed by atoms with Crippen molar-refractivity contribution in [1.29, 1.82) is 0 Å². The first-order valence-corrected chi connectivity index (χ1v) is 5.01. The van der Waals surface area contributed by atoms with E-state index in [2.05, 4.69) is 10.1 Å². The van der Waals surface area contributed by atoms with Gasteiger partial charge in [0.25, 0.3) is 0 Å². The van der Waals surface area contributed by atoms with Gasteiger partial charge in [-0.1, -0.05) is 5.16 Å². The van der Waals surface area contributed by atoms with Crippen LogP contribution in [0.15, 0.2) is 4.52 Å². The summed E-state index contributed by atoms with van der Waals surface area (Å²) in [5.41, 5.74) is 5.37. The molecule has 0 bridgehead atoms. The van der Waals surface area contributed by atoms with Crippen molar-refractivity contribution in [1.82, 2.24) is 10.1 Å². The molecule has 1 aromatic rings. The van der Waals surface area contributed by atoms with E-state index >= 15 is 0 Å². The van der Waals surface area contributed by atoms with Crippen molar-refractivity contribution in [2.75, 3.05) is 6.61 Å². The molecule has 14 heavy (non-hydrogen) atoms. The quantitative estimate of drug-likeness (QED) is 0.769. The third-order valence-corrected chi connectivity index (χ3v) is 2.37. The smallest absolute Gasteiger partial charge is 0.240 e. The van der Waals surface area contributed by atoms with Gasteiger partial charge in [-0.2, -0.15) is 4.98 Å². The van der Waals surface area contributed by atoms with Crippen LogP contribution in [-0.2, 0) is 17.7 Å². The normalized spacial score (nSPS) is 22.5. The van der Waals surface area contributed by atoms with Crippen LogP contribution in [0.3, 0.4) is 0 Å². The lowest BCUT2D eigenvalue weighted by atomic mass is 10.1. The van der Waals surface area contributed by atoms with E-state index in [1.54, 1.807) is 0 Å². The summed E-state index contributed by atoms with van der Waals surface area (Å²) in [5.74, 6) is 1.20. The molecule has 2 rings (SSSR count). The molecule has 1 atom stereocenters. The summed E-state index contributed by atoms with van der Waals surface area (Å²) >= 11 is 0. The highest BCUT2D eigenvalue weighted by Gasteiger charge is 2.17. The number of rotatable bonds is 3. The average Bonchev–Trinajstić information content (AvgIpc) is 2.67. The van der Waals surface area contributed by atoms with Crippen molar-refractivity contribution in [3.63, 3.8) is 0 Å². The molecule has 1 saturated heterocycles. The molecule has 5 heteroatoms. The summed E-state index contributed by atoms with van der Waals surface area (Å²) in [7, 11) is 0. The van der Waals surface area contributed by atoms with Gasteiger partial charge in [-0.3, -0.25) is 0 Å². The Labute approximate surface area is 82.6 Å². The van der Waals surface area contributed by atoms with Crippen molar-refractivity contribution < 1.29 is 9.26 Å². The molecule has 1 unspecified atom stereocenters. The molecule has 0 aliphatic carbocycles. The maximum atomic E-state index is 5.57. The molecule has 0 aromatic carbocycles. The zero-order valence-corrected chi connectivity index (χ0v) is 8.11. The van der Waals surface area contributed by atoms with Crippen LogP contribution in [-0.4, -0.2) is 22.9 Å². The van der Waals surface area contributed by atoms with E-state index in [0.29, 0.717) is 18.3 Å². The number of ether oxygens (including phenoxy) is 1. The molecule has 1 aliphatic rings. The largest absolute Gasteiger partial charge is 0.378 e. The summed E-state index contributed by atoms with van der Waals surface area (Å²) in [6.45, 7) is 1.16. The molecule has 0 amide bonds. The summed E-state index contributed by atoms with van der Waals surface area (Å²) < 4.78 is 10.5. The van der Waals surface area contributed by atoms with Gasteiger partial charge in [0.05, 0.1) is 12.6 Å². The van der Waals surface area contributed by atoms with E-state index in [-0.39, 0.29) is 6.10 Å². The van der Waals surface area contributed by atoms with Gasteiger partial charge in [-0.25, -0.2) is 0 Å². The average molecular weight is 197 g/mol. The zero-order valence-electron chi connectivity index (χ0n) is 8.11. The van der Waals surface area contributed by atoms with Gasteiger partial charge < -0.3 is 15.0 Å². The van der Waals surface area contributed by atoms with Crippen LogP contribution in [0.4, 0.5) is 0 Å². The van der Waals surface area contributed by atoms with Crippen LogP contribution >= 0.6 is 0 Å². The third-order valence-electron chi connectivity index (χ3n) is 2.37. The third kappa shape index (κ3) is 2.30. The van der Waals surface area contributed by atoms with Crippen molar-refractivity contribution in [2.24, 2.45) is 5.73 Å². The molecule has 1 aromatic heterocycles. The van der Waals surface area contributed by atoms with Crippen molar-refractivity contribution in [2.45, 2.75) is 38.3 Å². The molecule has 1 fully saturated rings. The lowest BCUT2D eigenvalue weighted by Crippen LogP contribution is -2.21. The number of nitrogens with two attached hydrogens (primary N) is 1. The molecular weight excluding hydrogens is 182 g/mol. The zero-order chi connectivity index (χ0) is 9.80. The lowest BCUT2D eigenvalue weighted by molar-refractivity contribution is 0.0153. The molecule has 2 heterocycles. The van der Waals surface area contributed by atoms with Crippen LogP contribution in [0, 0.1) is 0 Å². The van der Waals surface area contributed by atoms with Crippen LogP contribution in [0.2, 0.25) is 0 Å². The van der Waals surface area contributed by atoms with Gasteiger partial charge in [0.15, 0.2) is 5.82 Å². The molecule has 1 aliphatic heterocycles. The van der Waals surface area contributed by atoms with Crippen molar-refractivity contribution >= 4 is 0 Å². The molecule has 0 radical (unpaired) electrons. The van der Waals surface area contributed by atoms with E-state index in [1.807, 2.05) is 0 Å². The summed E-state index contributed by atoms with van der Waals surface area (Å²) in [6.07, 6.45) is 4.48.